The van der Waals surface area contributed by atoms with Crippen LogP contribution in [-0.4, -0.2) is 4.92 Å². The Balaban J connectivity index is 3.38. The van der Waals surface area contributed by atoms with Gasteiger partial charge in [0.25, 0.3) is 5.69 Å². The molecule has 0 fully saturated rings. The van der Waals surface area contributed by atoms with Gasteiger partial charge in [-0.15, -0.1) is 0 Å². The molecule has 12 heavy (non-hydrogen) atoms. The number of hydrogen-bond donors (Lipinski definition) is 0. The summed E-state index contributed by atoms with van der Waals surface area (Å²) in [6.45, 7) is 1.51. The van der Waals surface area contributed by atoms with Gasteiger partial charge in [0.15, 0.2) is 10.7 Å². The first-order valence-corrected chi connectivity index (χ1v) is 3.85. The zero-order valence-electron chi connectivity index (χ0n) is 6.15. The molecule has 0 amide bonds. The van der Waals surface area contributed by atoms with E-state index in [1.807, 2.05) is 0 Å². The molecular weight excluding hydrogens is 228 g/mol. The van der Waals surface area contributed by atoms with Crippen LogP contribution in [0.1, 0.15) is 5.56 Å². The third kappa shape index (κ3) is 1.53. The van der Waals surface area contributed by atoms with E-state index < -0.39 is 4.92 Å². The number of nitrogens with zero attached hydrogens (tertiary/aromatic N) is 2. The lowest BCUT2D eigenvalue weighted by Gasteiger charge is -1.99. The zero-order valence-corrected chi connectivity index (χ0v) is 7.74. The molecular formula is C6H5BrN2O3. The summed E-state index contributed by atoms with van der Waals surface area (Å²) >= 11 is 2.94. The van der Waals surface area contributed by atoms with Crippen molar-refractivity contribution < 1.29 is 9.65 Å². The van der Waals surface area contributed by atoms with Crippen LogP contribution in [0.3, 0.4) is 0 Å². The highest BCUT2D eigenvalue weighted by molar-refractivity contribution is 9.10. The lowest BCUT2D eigenvalue weighted by molar-refractivity contribution is -0.607. The molecule has 0 radical (unpaired) electrons. The van der Waals surface area contributed by atoms with Gasteiger partial charge in [0.1, 0.15) is 0 Å². The predicted molar refractivity (Wildman–Crippen MR) is 44.5 cm³/mol. The molecule has 0 N–H and O–H groups in total. The molecule has 0 aliphatic heterocycles. The molecule has 5 nitrogen and oxygen atoms in total. The average molecular weight is 233 g/mol. The first-order valence-electron chi connectivity index (χ1n) is 3.05. The maximum Gasteiger partial charge on any atom is 0.298 e. The first-order chi connectivity index (χ1) is 5.52. The molecule has 6 heteroatoms. The van der Waals surface area contributed by atoms with Crippen molar-refractivity contribution in [3.8, 4) is 0 Å². The molecule has 0 aliphatic rings. The Hall–Kier alpha value is -1.17. The minimum atomic E-state index is -0.528. The second-order valence-corrected chi connectivity index (χ2v) is 3.11. The van der Waals surface area contributed by atoms with Crippen LogP contribution < -0.4 is 4.73 Å². The van der Waals surface area contributed by atoms with Crippen molar-refractivity contribution in [2.75, 3.05) is 0 Å². The van der Waals surface area contributed by atoms with Crippen LogP contribution in [0.15, 0.2) is 16.9 Å². The van der Waals surface area contributed by atoms with E-state index in [4.69, 9.17) is 0 Å². The molecule has 0 atom stereocenters. The van der Waals surface area contributed by atoms with Crippen LogP contribution in [0.4, 0.5) is 5.69 Å². The van der Waals surface area contributed by atoms with Crippen LogP contribution >= 0.6 is 15.9 Å². The molecule has 0 bridgehead atoms. The van der Waals surface area contributed by atoms with Crippen LogP contribution in [0.25, 0.3) is 0 Å². The fourth-order valence-corrected chi connectivity index (χ4v) is 1.54. The van der Waals surface area contributed by atoms with Crippen LogP contribution in [0.5, 0.6) is 0 Å². The van der Waals surface area contributed by atoms with Crippen molar-refractivity contribution in [2.24, 2.45) is 0 Å². The fourth-order valence-electron chi connectivity index (χ4n) is 0.882. The highest BCUT2D eigenvalue weighted by atomic mass is 79.9. The van der Waals surface area contributed by atoms with E-state index in [0.717, 1.165) is 12.4 Å². The Morgan fingerprint density at radius 1 is 1.58 bits per heavy atom. The molecule has 1 heterocycles. The van der Waals surface area contributed by atoms with E-state index in [9.17, 15) is 15.3 Å². The second-order valence-electron chi connectivity index (χ2n) is 2.25. The fraction of sp³-hybridized carbons (Fsp3) is 0.167. The quantitative estimate of drug-likeness (QED) is 0.317. The molecule has 0 spiro atoms. The molecule has 64 valence electrons. The minimum absolute atomic E-state index is 0.0675. The Kier molecular flexibility index (Phi) is 2.27. The van der Waals surface area contributed by atoms with E-state index in [2.05, 4.69) is 15.9 Å². The number of nitro groups is 1. The van der Waals surface area contributed by atoms with Crippen molar-refractivity contribution in [3.05, 3.63) is 37.8 Å². The molecule has 0 aliphatic carbocycles. The normalized spacial score (nSPS) is 9.83. The molecule has 0 aromatic carbocycles. The number of aromatic nitrogens is 1. The van der Waals surface area contributed by atoms with Gasteiger partial charge in [-0.1, -0.05) is 0 Å². The van der Waals surface area contributed by atoms with Gasteiger partial charge in [-0.05, 0) is 22.9 Å². The Morgan fingerprint density at radius 2 is 2.17 bits per heavy atom. The van der Waals surface area contributed by atoms with Gasteiger partial charge in [0.05, 0.1) is 10.5 Å². The van der Waals surface area contributed by atoms with Crippen molar-refractivity contribution >= 4 is 21.6 Å². The number of pyridine rings is 1. The molecule has 1 aromatic rings. The standard InChI is InChI=1S/C6H5BrN2O3/c1-4-2-8(10)3-5(7)6(4)9(11)12/h2-3H,1H3. The molecule has 0 saturated carbocycles. The van der Waals surface area contributed by atoms with Crippen LogP contribution in [-0.2, 0) is 0 Å². The van der Waals surface area contributed by atoms with Gasteiger partial charge in [0, 0.05) is 0 Å². The third-order valence-corrected chi connectivity index (χ3v) is 1.92. The van der Waals surface area contributed by atoms with Gasteiger partial charge < -0.3 is 5.21 Å². The summed E-state index contributed by atoms with van der Waals surface area (Å²) in [6, 6.07) is 0. The van der Waals surface area contributed by atoms with Crippen molar-refractivity contribution in [3.63, 3.8) is 0 Å². The van der Waals surface area contributed by atoms with Gasteiger partial charge in [0.2, 0.25) is 6.20 Å². The minimum Gasteiger partial charge on any atom is -0.619 e. The zero-order chi connectivity index (χ0) is 9.30. The number of aryl methyl sites for hydroxylation is 1. The van der Waals surface area contributed by atoms with E-state index in [0.29, 0.717) is 10.3 Å². The Bertz CT molecular complexity index is 317. The SMILES string of the molecule is Cc1c[n+]([O-])cc(Br)c1[N+](=O)[O-]. The van der Waals surface area contributed by atoms with Gasteiger partial charge in [-0.3, -0.25) is 10.1 Å². The highest BCUT2D eigenvalue weighted by Gasteiger charge is 2.19. The molecule has 0 saturated heterocycles. The van der Waals surface area contributed by atoms with Gasteiger partial charge >= 0.3 is 0 Å². The Morgan fingerprint density at radius 3 is 2.58 bits per heavy atom. The van der Waals surface area contributed by atoms with Crippen LogP contribution in [0, 0.1) is 22.2 Å². The van der Waals surface area contributed by atoms with E-state index >= 15 is 0 Å². The van der Waals surface area contributed by atoms with E-state index in [1.165, 1.54) is 6.92 Å². The monoisotopic (exact) mass is 232 g/mol. The second kappa shape index (κ2) is 3.06. The molecule has 1 rings (SSSR count). The lowest BCUT2D eigenvalue weighted by atomic mass is 10.3. The summed E-state index contributed by atoms with van der Waals surface area (Å²) in [7, 11) is 0. The topological polar surface area (TPSA) is 70.1 Å². The maximum atomic E-state index is 10.8. The van der Waals surface area contributed by atoms with Gasteiger partial charge in [-0.25, -0.2) is 0 Å². The summed E-state index contributed by atoms with van der Waals surface area (Å²) in [4.78, 5) is 9.89. The molecule has 0 unspecified atom stereocenters. The first kappa shape index (κ1) is 8.92. The van der Waals surface area contributed by atoms with E-state index in [-0.39, 0.29) is 10.2 Å². The number of halogens is 1. The van der Waals surface area contributed by atoms with Gasteiger partial charge in [-0.2, -0.15) is 4.73 Å². The maximum absolute atomic E-state index is 10.8. The molecule has 1 aromatic heterocycles. The summed E-state index contributed by atoms with van der Waals surface area (Å²) in [5.74, 6) is 0. The number of rotatable bonds is 1. The van der Waals surface area contributed by atoms with Crippen LogP contribution in [0.2, 0.25) is 0 Å². The third-order valence-electron chi connectivity index (χ3n) is 1.34. The average Bonchev–Trinajstić information content (AvgIpc) is 1.82. The summed E-state index contributed by atoms with van der Waals surface area (Å²) in [5, 5.41) is 21.2. The van der Waals surface area contributed by atoms with E-state index in [1.54, 1.807) is 0 Å². The van der Waals surface area contributed by atoms with Crippen molar-refractivity contribution in [1.82, 2.24) is 0 Å². The Labute approximate surface area is 76.5 Å². The highest BCUT2D eigenvalue weighted by Crippen LogP contribution is 2.25. The smallest absolute Gasteiger partial charge is 0.298 e. The van der Waals surface area contributed by atoms with Crippen molar-refractivity contribution in [2.45, 2.75) is 6.92 Å². The van der Waals surface area contributed by atoms with Crippen molar-refractivity contribution in [1.29, 1.82) is 0 Å². The predicted octanol–water partition coefficient (Wildman–Crippen LogP) is 1.30. The largest absolute Gasteiger partial charge is 0.619 e. The number of hydrogen-bond acceptors (Lipinski definition) is 3. The summed E-state index contributed by atoms with van der Waals surface area (Å²) in [6.07, 6.45) is 2.26. The summed E-state index contributed by atoms with van der Waals surface area (Å²) in [5.41, 5.74) is 0.270. The lowest BCUT2D eigenvalue weighted by Crippen LogP contribution is -2.25. The summed E-state index contributed by atoms with van der Waals surface area (Å²) < 4.78 is 0.717.